The van der Waals surface area contributed by atoms with Gasteiger partial charge in [-0.15, -0.1) is 0 Å². The lowest BCUT2D eigenvalue weighted by atomic mass is 10.1. The number of nitrogens with two attached hydrogens (primary N) is 1. The molecule has 0 fully saturated rings. The maximum Gasteiger partial charge on any atom is 0.243 e. The van der Waals surface area contributed by atoms with Crippen LogP contribution in [0, 0.1) is 6.92 Å². The number of para-hydroxylation sites is 1. The third-order valence-electron chi connectivity index (χ3n) is 3.45. The van der Waals surface area contributed by atoms with Crippen LogP contribution in [0.4, 0.5) is 0 Å². The number of nitrogens with zero attached hydrogens (tertiary/aromatic N) is 3. The number of benzene rings is 1. The molecule has 0 aliphatic heterocycles. The molecule has 2 heterocycles. The average molecular weight is 256 g/mol. The molecule has 0 bridgehead atoms. The summed E-state index contributed by atoms with van der Waals surface area (Å²) in [6.07, 6.45) is 0. The SMILES string of the molecule is Cc1c(-c2noc([C@H](C)N)n2)c2ccccc2n1C. The number of hydrogen-bond donors (Lipinski definition) is 1. The number of aryl methyl sites for hydroxylation is 1. The second-order valence-corrected chi connectivity index (χ2v) is 4.78. The van der Waals surface area contributed by atoms with Crippen LogP contribution in [-0.4, -0.2) is 14.7 Å². The highest BCUT2D eigenvalue weighted by molar-refractivity contribution is 5.96. The topological polar surface area (TPSA) is 69.9 Å². The molecule has 0 spiro atoms. The van der Waals surface area contributed by atoms with Gasteiger partial charge in [-0.05, 0) is 19.9 Å². The van der Waals surface area contributed by atoms with Crippen LogP contribution in [0.15, 0.2) is 28.8 Å². The maximum atomic E-state index is 5.76. The van der Waals surface area contributed by atoms with Crippen molar-refractivity contribution < 1.29 is 4.52 Å². The zero-order chi connectivity index (χ0) is 13.6. The Kier molecular flexibility index (Phi) is 2.64. The molecule has 3 rings (SSSR count). The third-order valence-corrected chi connectivity index (χ3v) is 3.45. The quantitative estimate of drug-likeness (QED) is 0.765. The van der Waals surface area contributed by atoms with Gasteiger partial charge in [0, 0.05) is 23.6 Å². The van der Waals surface area contributed by atoms with E-state index in [1.165, 1.54) is 0 Å². The van der Waals surface area contributed by atoms with E-state index in [4.69, 9.17) is 10.3 Å². The lowest BCUT2D eigenvalue weighted by Crippen LogP contribution is -2.04. The van der Waals surface area contributed by atoms with Crippen molar-refractivity contribution in [3.63, 3.8) is 0 Å². The van der Waals surface area contributed by atoms with Gasteiger partial charge in [-0.2, -0.15) is 4.98 Å². The van der Waals surface area contributed by atoms with Crippen molar-refractivity contribution in [2.24, 2.45) is 12.8 Å². The Labute approximate surface area is 111 Å². The van der Waals surface area contributed by atoms with Gasteiger partial charge >= 0.3 is 0 Å². The molecule has 0 amide bonds. The Hall–Kier alpha value is -2.14. The smallest absolute Gasteiger partial charge is 0.243 e. The first-order valence-corrected chi connectivity index (χ1v) is 6.23. The highest BCUT2D eigenvalue weighted by atomic mass is 16.5. The second kappa shape index (κ2) is 4.20. The zero-order valence-corrected chi connectivity index (χ0v) is 11.2. The normalized spacial score (nSPS) is 13.1. The summed E-state index contributed by atoms with van der Waals surface area (Å²) >= 11 is 0. The van der Waals surface area contributed by atoms with Gasteiger partial charge in [0.25, 0.3) is 0 Å². The third kappa shape index (κ3) is 1.74. The molecule has 2 N–H and O–H groups in total. The molecule has 5 heteroatoms. The van der Waals surface area contributed by atoms with E-state index in [9.17, 15) is 0 Å². The van der Waals surface area contributed by atoms with Gasteiger partial charge in [-0.1, -0.05) is 23.4 Å². The van der Waals surface area contributed by atoms with Gasteiger partial charge in [0.1, 0.15) is 0 Å². The number of aromatic nitrogens is 3. The Bertz CT molecular complexity index is 739. The molecule has 3 aromatic rings. The van der Waals surface area contributed by atoms with E-state index < -0.39 is 0 Å². The first kappa shape index (κ1) is 11.9. The van der Waals surface area contributed by atoms with E-state index >= 15 is 0 Å². The molecule has 0 aliphatic rings. The number of rotatable bonds is 2. The fourth-order valence-electron chi connectivity index (χ4n) is 2.32. The van der Waals surface area contributed by atoms with Crippen molar-refractivity contribution in [1.29, 1.82) is 0 Å². The van der Waals surface area contributed by atoms with Crippen LogP contribution in [0.1, 0.15) is 24.6 Å². The summed E-state index contributed by atoms with van der Waals surface area (Å²) < 4.78 is 7.33. The largest absolute Gasteiger partial charge is 0.347 e. The summed E-state index contributed by atoms with van der Waals surface area (Å²) in [5.74, 6) is 1.06. The van der Waals surface area contributed by atoms with E-state index in [2.05, 4.69) is 33.8 Å². The zero-order valence-electron chi connectivity index (χ0n) is 11.2. The predicted octanol–water partition coefficient (Wildman–Crippen LogP) is 2.56. The van der Waals surface area contributed by atoms with Gasteiger partial charge < -0.3 is 14.8 Å². The van der Waals surface area contributed by atoms with E-state index in [0.29, 0.717) is 11.7 Å². The minimum atomic E-state index is -0.253. The molecular weight excluding hydrogens is 240 g/mol. The summed E-state index contributed by atoms with van der Waals surface area (Å²) in [5, 5.41) is 5.18. The Morgan fingerprint density at radius 1 is 1.32 bits per heavy atom. The van der Waals surface area contributed by atoms with Crippen molar-refractivity contribution >= 4 is 10.9 Å². The lowest BCUT2D eigenvalue weighted by molar-refractivity contribution is 0.362. The van der Waals surface area contributed by atoms with E-state index in [1.807, 2.05) is 26.1 Å². The van der Waals surface area contributed by atoms with Gasteiger partial charge in [-0.25, -0.2) is 0 Å². The Morgan fingerprint density at radius 3 is 2.74 bits per heavy atom. The molecule has 0 aliphatic carbocycles. The van der Waals surface area contributed by atoms with E-state index in [1.54, 1.807) is 0 Å². The Morgan fingerprint density at radius 2 is 2.05 bits per heavy atom. The van der Waals surface area contributed by atoms with E-state index in [0.717, 1.165) is 22.2 Å². The maximum absolute atomic E-state index is 5.76. The minimum Gasteiger partial charge on any atom is -0.347 e. The first-order valence-electron chi connectivity index (χ1n) is 6.23. The van der Waals surface area contributed by atoms with Crippen LogP contribution < -0.4 is 5.73 Å². The fraction of sp³-hybridized carbons (Fsp3) is 0.286. The molecule has 0 unspecified atom stereocenters. The Balaban J connectivity index is 2.26. The monoisotopic (exact) mass is 256 g/mol. The molecule has 5 nitrogen and oxygen atoms in total. The standard InChI is InChI=1S/C14H16N4O/c1-8(15)14-16-13(17-19-14)12-9(2)18(3)11-7-5-4-6-10(11)12/h4-8H,15H2,1-3H3/t8-/m0/s1. The summed E-state index contributed by atoms with van der Waals surface area (Å²) in [5.41, 5.74) is 9.03. The van der Waals surface area contributed by atoms with E-state index in [-0.39, 0.29) is 6.04 Å². The lowest BCUT2D eigenvalue weighted by Gasteiger charge is -1.97. The first-order chi connectivity index (χ1) is 9.09. The average Bonchev–Trinajstić information content (AvgIpc) is 2.96. The number of hydrogen-bond acceptors (Lipinski definition) is 4. The van der Waals surface area contributed by atoms with Crippen molar-refractivity contribution in [2.45, 2.75) is 19.9 Å². The van der Waals surface area contributed by atoms with Gasteiger partial charge in [0.05, 0.1) is 11.6 Å². The van der Waals surface area contributed by atoms with Crippen LogP contribution in [0.2, 0.25) is 0 Å². The molecule has 1 aromatic carbocycles. The summed E-state index contributed by atoms with van der Waals surface area (Å²) in [4.78, 5) is 4.39. The molecule has 0 radical (unpaired) electrons. The fourth-order valence-corrected chi connectivity index (χ4v) is 2.32. The van der Waals surface area contributed by atoms with Gasteiger partial charge in [-0.3, -0.25) is 0 Å². The van der Waals surface area contributed by atoms with Gasteiger partial charge in [0.15, 0.2) is 0 Å². The highest BCUT2D eigenvalue weighted by Gasteiger charge is 2.19. The number of fused-ring (bicyclic) bond motifs is 1. The van der Waals surface area contributed by atoms with Gasteiger partial charge in [0.2, 0.25) is 11.7 Å². The van der Waals surface area contributed by atoms with Crippen LogP contribution in [0.25, 0.3) is 22.3 Å². The van der Waals surface area contributed by atoms with Crippen LogP contribution in [-0.2, 0) is 7.05 Å². The van der Waals surface area contributed by atoms with Crippen LogP contribution in [0.3, 0.4) is 0 Å². The molecule has 2 aromatic heterocycles. The molecular formula is C14H16N4O. The molecule has 0 saturated carbocycles. The van der Waals surface area contributed by atoms with Crippen LogP contribution >= 0.6 is 0 Å². The summed E-state index contributed by atoms with van der Waals surface area (Å²) in [6.45, 7) is 3.88. The molecule has 19 heavy (non-hydrogen) atoms. The molecule has 98 valence electrons. The summed E-state index contributed by atoms with van der Waals surface area (Å²) in [6, 6.07) is 7.93. The predicted molar refractivity (Wildman–Crippen MR) is 73.6 cm³/mol. The second-order valence-electron chi connectivity index (χ2n) is 4.78. The van der Waals surface area contributed by atoms with Crippen LogP contribution in [0.5, 0.6) is 0 Å². The van der Waals surface area contributed by atoms with Crippen molar-refractivity contribution in [3.05, 3.63) is 35.9 Å². The summed E-state index contributed by atoms with van der Waals surface area (Å²) in [7, 11) is 2.04. The molecule has 1 atom stereocenters. The van der Waals surface area contributed by atoms with Crippen molar-refractivity contribution in [2.75, 3.05) is 0 Å². The van der Waals surface area contributed by atoms with Crippen molar-refractivity contribution in [1.82, 2.24) is 14.7 Å². The molecule has 0 saturated heterocycles. The van der Waals surface area contributed by atoms with Crippen molar-refractivity contribution in [3.8, 4) is 11.4 Å². The minimum absolute atomic E-state index is 0.253. The highest BCUT2D eigenvalue weighted by Crippen LogP contribution is 2.32.